The highest BCUT2D eigenvalue weighted by molar-refractivity contribution is 7.09. The van der Waals surface area contributed by atoms with E-state index in [1.165, 1.54) is 4.88 Å². The fourth-order valence-corrected chi connectivity index (χ4v) is 2.35. The van der Waals surface area contributed by atoms with Crippen LogP contribution in [0.15, 0.2) is 17.5 Å². The number of carbonyl (C=O) groups excluding carboxylic acids is 1. The van der Waals surface area contributed by atoms with Crippen molar-refractivity contribution in [2.75, 3.05) is 27.7 Å². The van der Waals surface area contributed by atoms with E-state index in [1.54, 1.807) is 30.3 Å². The molecule has 1 atom stereocenters. The molecule has 0 saturated heterocycles. The molecule has 0 saturated carbocycles. The number of amides is 1. The van der Waals surface area contributed by atoms with E-state index in [9.17, 15) is 4.79 Å². The topological polar surface area (TPSA) is 49.6 Å². The van der Waals surface area contributed by atoms with Crippen LogP contribution in [0.25, 0.3) is 0 Å². The van der Waals surface area contributed by atoms with E-state index in [-0.39, 0.29) is 11.9 Å². The van der Waals surface area contributed by atoms with Crippen LogP contribution in [0.2, 0.25) is 0 Å². The lowest BCUT2D eigenvalue weighted by Crippen LogP contribution is -2.41. The number of likely N-dealkylation sites (N-methyl/N-ethyl adjacent to an activating group) is 1. The summed E-state index contributed by atoms with van der Waals surface area (Å²) < 4.78 is 0. The fourth-order valence-electron chi connectivity index (χ4n) is 1.58. The number of rotatable bonds is 6. The molecule has 0 aliphatic carbocycles. The van der Waals surface area contributed by atoms with Crippen molar-refractivity contribution >= 4 is 17.2 Å². The molecule has 0 fully saturated rings. The second-order valence-corrected chi connectivity index (χ2v) is 5.41. The molecule has 2 N–H and O–H groups in total. The lowest BCUT2D eigenvalue weighted by atomic mass is 10.1. The van der Waals surface area contributed by atoms with E-state index in [0.717, 1.165) is 6.54 Å². The van der Waals surface area contributed by atoms with Crippen molar-refractivity contribution in [1.29, 1.82) is 0 Å². The van der Waals surface area contributed by atoms with Gasteiger partial charge in [-0.15, -0.1) is 11.3 Å². The molecule has 1 heterocycles. The quantitative estimate of drug-likeness (QED) is 0.824. The molecule has 4 nitrogen and oxygen atoms in total. The molecule has 0 spiro atoms. The van der Waals surface area contributed by atoms with Gasteiger partial charge in [-0.2, -0.15) is 0 Å². The number of thiophene rings is 1. The molecule has 96 valence electrons. The minimum absolute atomic E-state index is 0.104. The van der Waals surface area contributed by atoms with Gasteiger partial charge in [-0.3, -0.25) is 9.69 Å². The maximum atomic E-state index is 11.7. The van der Waals surface area contributed by atoms with E-state index >= 15 is 0 Å². The third-order valence-corrected chi connectivity index (χ3v) is 3.65. The zero-order valence-electron chi connectivity index (χ0n) is 10.7. The predicted octanol–water partition coefficient (Wildman–Crippen LogP) is 0.986. The molecule has 0 bridgehead atoms. The average molecular weight is 255 g/mol. The van der Waals surface area contributed by atoms with E-state index in [0.29, 0.717) is 13.0 Å². The second-order valence-electron chi connectivity index (χ2n) is 4.38. The SMILES string of the molecule is CN(C)C(=O)CC(CN)N(C)Cc1cccs1. The molecule has 1 unspecified atom stereocenters. The Balaban J connectivity index is 2.52. The van der Waals surface area contributed by atoms with Crippen LogP contribution in [0.5, 0.6) is 0 Å². The minimum Gasteiger partial charge on any atom is -0.349 e. The average Bonchev–Trinajstić information content (AvgIpc) is 2.77. The summed E-state index contributed by atoms with van der Waals surface area (Å²) in [6.07, 6.45) is 0.478. The maximum absolute atomic E-state index is 11.7. The summed E-state index contributed by atoms with van der Waals surface area (Å²) in [5, 5.41) is 2.06. The zero-order valence-corrected chi connectivity index (χ0v) is 11.5. The Morgan fingerprint density at radius 2 is 2.18 bits per heavy atom. The first-order valence-electron chi connectivity index (χ1n) is 5.67. The number of hydrogen-bond donors (Lipinski definition) is 1. The normalized spacial score (nSPS) is 12.8. The Bertz CT molecular complexity index is 338. The van der Waals surface area contributed by atoms with Crippen molar-refractivity contribution in [1.82, 2.24) is 9.80 Å². The van der Waals surface area contributed by atoms with Crippen molar-refractivity contribution in [3.63, 3.8) is 0 Å². The molecule has 5 heteroatoms. The molecular formula is C12H21N3OS. The third kappa shape index (κ3) is 4.46. The van der Waals surface area contributed by atoms with Gasteiger partial charge in [-0.05, 0) is 18.5 Å². The second kappa shape index (κ2) is 6.74. The first-order chi connectivity index (χ1) is 8.04. The summed E-state index contributed by atoms with van der Waals surface area (Å²) in [5.41, 5.74) is 5.74. The predicted molar refractivity (Wildman–Crippen MR) is 71.9 cm³/mol. The van der Waals surface area contributed by atoms with Gasteiger partial charge in [0.15, 0.2) is 0 Å². The van der Waals surface area contributed by atoms with E-state index in [2.05, 4.69) is 16.3 Å². The highest BCUT2D eigenvalue weighted by atomic mass is 32.1. The monoisotopic (exact) mass is 255 g/mol. The van der Waals surface area contributed by atoms with E-state index in [1.807, 2.05) is 13.1 Å². The molecule has 0 aliphatic rings. The molecule has 1 rings (SSSR count). The molecule has 1 aromatic rings. The molecule has 0 aromatic carbocycles. The van der Waals surface area contributed by atoms with Gasteiger partial charge in [0.25, 0.3) is 0 Å². The Kier molecular flexibility index (Phi) is 5.61. The first-order valence-corrected chi connectivity index (χ1v) is 6.55. The lowest BCUT2D eigenvalue weighted by molar-refractivity contribution is -0.129. The van der Waals surface area contributed by atoms with Crippen molar-refractivity contribution in [2.24, 2.45) is 5.73 Å². The van der Waals surface area contributed by atoms with Gasteiger partial charge < -0.3 is 10.6 Å². The van der Waals surface area contributed by atoms with Crippen LogP contribution < -0.4 is 5.73 Å². The van der Waals surface area contributed by atoms with E-state index < -0.39 is 0 Å². The Morgan fingerprint density at radius 1 is 1.47 bits per heavy atom. The van der Waals surface area contributed by atoms with Crippen LogP contribution in [0.4, 0.5) is 0 Å². The van der Waals surface area contributed by atoms with Crippen LogP contribution in [0.1, 0.15) is 11.3 Å². The molecular weight excluding hydrogens is 234 g/mol. The van der Waals surface area contributed by atoms with Crippen LogP contribution in [0.3, 0.4) is 0 Å². The van der Waals surface area contributed by atoms with Gasteiger partial charge in [-0.1, -0.05) is 6.07 Å². The maximum Gasteiger partial charge on any atom is 0.223 e. The standard InChI is InChI=1S/C12H21N3OS/c1-14(2)12(16)7-10(8-13)15(3)9-11-5-4-6-17-11/h4-6,10H,7-9,13H2,1-3H3. The van der Waals surface area contributed by atoms with Gasteiger partial charge in [0, 0.05) is 44.5 Å². The summed E-state index contributed by atoms with van der Waals surface area (Å²) in [4.78, 5) is 16.7. The molecule has 1 amide bonds. The number of carbonyl (C=O) groups is 1. The van der Waals surface area contributed by atoms with Gasteiger partial charge in [-0.25, -0.2) is 0 Å². The largest absolute Gasteiger partial charge is 0.349 e. The third-order valence-electron chi connectivity index (χ3n) is 2.79. The van der Waals surface area contributed by atoms with Crippen molar-refractivity contribution in [3.8, 4) is 0 Å². The van der Waals surface area contributed by atoms with Crippen LogP contribution in [-0.4, -0.2) is 49.4 Å². The van der Waals surface area contributed by atoms with E-state index in [4.69, 9.17) is 5.73 Å². The summed E-state index contributed by atoms with van der Waals surface area (Å²) >= 11 is 1.73. The van der Waals surface area contributed by atoms with Crippen LogP contribution in [-0.2, 0) is 11.3 Å². The van der Waals surface area contributed by atoms with Gasteiger partial charge in [0.2, 0.25) is 5.91 Å². The number of nitrogens with two attached hydrogens (primary N) is 1. The van der Waals surface area contributed by atoms with Gasteiger partial charge >= 0.3 is 0 Å². The summed E-state index contributed by atoms with van der Waals surface area (Å²) in [5.74, 6) is 0.124. The van der Waals surface area contributed by atoms with Gasteiger partial charge in [0.05, 0.1) is 0 Å². The zero-order chi connectivity index (χ0) is 12.8. The van der Waals surface area contributed by atoms with Crippen molar-refractivity contribution in [2.45, 2.75) is 19.0 Å². The molecule has 1 aromatic heterocycles. The number of nitrogens with zero attached hydrogens (tertiary/aromatic N) is 2. The van der Waals surface area contributed by atoms with Crippen molar-refractivity contribution < 1.29 is 4.79 Å². The highest BCUT2D eigenvalue weighted by Crippen LogP contribution is 2.13. The Labute approximate surface area is 107 Å². The fraction of sp³-hybridized carbons (Fsp3) is 0.583. The summed E-state index contributed by atoms with van der Waals surface area (Å²) in [7, 11) is 5.56. The van der Waals surface area contributed by atoms with Crippen LogP contribution in [0, 0.1) is 0 Å². The Morgan fingerprint density at radius 3 is 2.65 bits per heavy atom. The molecule has 0 aliphatic heterocycles. The minimum atomic E-state index is 0.104. The lowest BCUT2D eigenvalue weighted by Gasteiger charge is -2.27. The smallest absolute Gasteiger partial charge is 0.223 e. The molecule has 0 radical (unpaired) electrons. The first kappa shape index (κ1) is 14.2. The van der Waals surface area contributed by atoms with Crippen LogP contribution >= 0.6 is 11.3 Å². The van der Waals surface area contributed by atoms with Gasteiger partial charge in [0.1, 0.15) is 0 Å². The summed E-state index contributed by atoms with van der Waals surface area (Å²) in [6, 6.07) is 4.24. The molecule has 17 heavy (non-hydrogen) atoms. The Hall–Kier alpha value is -0.910. The highest BCUT2D eigenvalue weighted by Gasteiger charge is 2.18. The summed E-state index contributed by atoms with van der Waals surface area (Å²) in [6.45, 7) is 1.35. The van der Waals surface area contributed by atoms with Crippen molar-refractivity contribution in [3.05, 3.63) is 22.4 Å². The number of hydrogen-bond acceptors (Lipinski definition) is 4.